The lowest BCUT2D eigenvalue weighted by Gasteiger charge is -2.27. The third-order valence-electron chi connectivity index (χ3n) is 5.69. The molecule has 3 unspecified atom stereocenters. The highest BCUT2D eigenvalue weighted by Gasteiger charge is 2.36. The zero-order chi connectivity index (χ0) is 20.7. The second-order valence-electron chi connectivity index (χ2n) is 7.91. The van der Waals surface area contributed by atoms with E-state index in [9.17, 15) is 14.7 Å². The lowest BCUT2D eigenvalue weighted by molar-refractivity contribution is -0.146. The summed E-state index contributed by atoms with van der Waals surface area (Å²) < 4.78 is 0. The van der Waals surface area contributed by atoms with Crippen LogP contribution < -0.4 is 10.6 Å². The van der Waals surface area contributed by atoms with E-state index in [2.05, 4.69) is 38.3 Å². The van der Waals surface area contributed by atoms with Gasteiger partial charge in [-0.15, -0.1) is 0 Å². The highest BCUT2D eigenvalue weighted by Crippen LogP contribution is 2.18. The molecule has 0 aromatic carbocycles. The average Bonchev–Trinajstić information content (AvgIpc) is 2.67. The highest BCUT2D eigenvalue weighted by atomic mass is 16.3. The van der Waals surface area contributed by atoms with Crippen LogP contribution in [0.2, 0.25) is 0 Å². The van der Waals surface area contributed by atoms with Crippen LogP contribution in [0.4, 0.5) is 0 Å². The molecule has 0 aromatic rings. The van der Waals surface area contributed by atoms with Crippen LogP contribution >= 0.6 is 0 Å². The van der Waals surface area contributed by atoms with Crippen molar-refractivity contribution >= 4 is 11.8 Å². The number of aliphatic hydroxyl groups is 1. The van der Waals surface area contributed by atoms with Gasteiger partial charge in [-0.2, -0.15) is 0 Å². The zero-order valence-corrected chi connectivity index (χ0v) is 18.4. The fourth-order valence-corrected chi connectivity index (χ4v) is 3.24. The molecule has 0 heterocycles. The van der Waals surface area contributed by atoms with Crippen LogP contribution in [-0.4, -0.2) is 35.6 Å². The molecule has 0 bridgehead atoms. The number of amides is 2. The summed E-state index contributed by atoms with van der Waals surface area (Å²) in [5, 5.41) is 16.5. The first-order valence-electron chi connectivity index (χ1n) is 11.1. The predicted molar refractivity (Wildman–Crippen MR) is 112 cm³/mol. The van der Waals surface area contributed by atoms with E-state index in [0.717, 1.165) is 51.4 Å². The fourth-order valence-electron chi connectivity index (χ4n) is 3.24. The number of hydrogen-bond acceptors (Lipinski definition) is 3. The standard InChI is InChI=1S/C22H44N2O3/c1-6-11-13-18(8-3)16-23-20(25)15-22(27,10-5)21(26)24-17-19(9-4)14-12-7-2/h18-19,27H,6-17H2,1-5H3,(H,23,25)(H,24,26). The van der Waals surface area contributed by atoms with Gasteiger partial charge in [0, 0.05) is 13.1 Å². The Hall–Kier alpha value is -1.10. The van der Waals surface area contributed by atoms with Crippen LogP contribution in [0.5, 0.6) is 0 Å². The molecule has 2 amide bonds. The lowest BCUT2D eigenvalue weighted by Crippen LogP contribution is -2.50. The Morgan fingerprint density at radius 1 is 0.852 bits per heavy atom. The first-order valence-corrected chi connectivity index (χ1v) is 11.1. The van der Waals surface area contributed by atoms with Gasteiger partial charge in [0.1, 0.15) is 0 Å². The Balaban J connectivity index is 4.53. The Bertz CT molecular complexity index is 414. The smallest absolute Gasteiger partial charge is 0.252 e. The van der Waals surface area contributed by atoms with Crippen molar-refractivity contribution in [2.75, 3.05) is 13.1 Å². The Morgan fingerprint density at radius 2 is 1.33 bits per heavy atom. The van der Waals surface area contributed by atoms with E-state index in [1.54, 1.807) is 6.92 Å². The molecule has 5 heteroatoms. The molecule has 3 atom stereocenters. The number of unbranched alkanes of at least 4 members (excludes halogenated alkanes) is 2. The first kappa shape index (κ1) is 25.9. The van der Waals surface area contributed by atoms with Gasteiger partial charge < -0.3 is 15.7 Å². The average molecular weight is 385 g/mol. The SMILES string of the molecule is CCCCC(CC)CNC(=O)CC(O)(CC)C(=O)NCC(CC)CCCC. The normalized spacial score (nSPS) is 15.6. The summed E-state index contributed by atoms with van der Waals surface area (Å²) in [6.07, 6.45) is 8.85. The minimum atomic E-state index is -1.63. The van der Waals surface area contributed by atoms with Gasteiger partial charge >= 0.3 is 0 Å². The summed E-state index contributed by atoms with van der Waals surface area (Å²) >= 11 is 0. The van der Waals surface area contributed by atoms with Crippen LogP contribution in [0, 0.1) is 11.8 Å². The van der Waals surface area contributed by atoms with Crippen molar-refractivity contribution in [1.82, 2.24) is 10.6 Å². The number of rotatable bonds is 16. The molecule has 0 aromatic heterocycles. The molecule has 5 nitrogen and oxygen atoms in total. The van der Waals surface area contributed by atoms with Gasteiger partial charge in [0.05, 0.1) is 6.42 Å². The third kappa shape index (κ3) is 10.7. The first-order chi connectivity index (χ1) is 12.9. The largest absolute Gasteiger partial charge is 0.379 e. The second kappa shape index (κ2) is 14.9. The summed E-state index contributed by atoms with van der Waals surface area (Å²) in [6, 6.07) is 0. The van der Waals surface area contributed by atoms with E-state index >= 15 is 0 Å². The van der Waals surface area contributed by atoms with Gasteiger partial charge in [0.15, 0.2) is 5.60 Å². The molecule has 0 rings (SSSR count). The maximum atomic E-state index is 12.5. The Kier molecular flexibility index (Phi) is 14.3. The zero-order valence-electron chi connectivity index (χ0n) is 18.4. The molecule has 0 aliphatic carbocycles. The number of hydrogen-bond donors (Lipinski definition) is 3. The number of carbonyl (C=O) groups excluding carboxylic acids is 2. The van der Waals surface area contributed by atoms with Crippen molar-refractivity contribution in [3.8, 4) is 0 Å². The minimum Gasteiger partial charge on any atom is -0.379 e. The molecule has 0 aliphatic rings. The van der Waals surface area contributed by atoms with Crippen LogP contribution in [0.15, 0.2) is 0 Å². The van der Waals surface area contributed by atoms with Gasteiger partial charge in [-0.05, 0) is 31.1 Å². The summed E-state index contributed by atoms with van der Waals surface area (Å²) in [6.45, 7) is 11.5. The monoisotopic (exact) mass is 384 g/mol. The fraction of sp³-hybridized carbons (Fsp3) is 0.909. The van der Waals surface area contributed by atoms with Gasteiger partial charge in [-0.1, -0.05) is 73.1 Å². The van der Waals surface area contributed by atoms with Crippen LogP contribution in [0.25, 0.3) is 0 Å². The highest BCUT2D eigenvalue weighted by molar-refractivity contribution is 5.90. The van der Waals surface area contributed by atoms with Crippen LogP contribution in [-0.2, 0) is 9.59 Å². The molecule has 0 saturated carbocycles. The summed E-state index contributed by atoms with van der Waals surface area (Å²) in [5.74, 6) is 0.213. The molecular formula is C22H44N2O3. The van der Waals surface area contributed by atoms with Gasteiger partial charge in [0.2, 0.25) is 5.91 Å². The quantitative estimate of drug-likeness (QED) is 0.373. The Labute approximate surface area is 167 Å². The number of carbonyl (C=O) groups is 2. The van der Waals surface area contributed by atoms with Crippen molar-refractivity contribution in [3.05, 3.63) is 0 Å². The maximum Gasteiger partial charge on any atom is 0.252 e. The van der Waals surface area contributed by atoms with E-state index < -0.39 is 11.5 Å². The van der Waals surface area contributed by atoms with E-state index in [0.29, 0.717) is 24.9 Å². The molecule has 160 valence electrons. The van der Waals surface area contributed by atoms with E-state index in [1.807, 2.05) is 0 Å². The van der Waals surface area contributed by atoms with Gasteiger partial charge in [-0.25, -0.2) is 0 Å². The molecule has 27 heavy (non-hydrogen) atoms. The molecule has 0 aliphatic heterocycles. The third-order valence-corrected chi connectivity index (χ3v) is 5.69. The van der Waals surface area contributed by atoms with Crippen molar-refractivity contribution in [2.45, 2.75) is 104 Å². The van der Waals surface area contributed by atoms with Gasteiger partial charge in [0.25, 0.3) is 5.91 Å². The lowest BCUT2D eigenvalue weighted by atomic mass is 9.93. The second-order valence-corrected chi connectivity index (χ2v) is 7.91. The van der Waals surface area contributed by atoms with Crippen molar-refractivity contribution < 1.29 is 14.7 Å². The molecule has 0 fully saturated rings. The van der Waals surface area contributed by atoms with Crippen molar-refractivity contribution in [3.63, 3.8) is 0 Å². The predicted octanol–water partition coefficient (Wildman–Crippen LogP) is 4.18. The maximum absolute atomic E-state index is 12.5. The molecule has 0 saturated heterocycles. The number of nitrogens with one attached hydrogen (secondary N) is 2. The van der Waals surface area contributed by atoms with E-state index in [1.165, 1.54) is 0 Å². The molecule has 3 N–H and O–H groups in total. The van der Waals surface area contributed by atoms with Crippen LogP contribution in [0.1, 0.15) is 98.8 Å². The Morgan fingerprint density at radius 3 is 1.74 bits per heavy atom. The topological polar surface area (TPSA) is 78.4 Å². The minimum absolute atomic E-state index is 0.175. The van der Waals surface area contributed by atoms with E-state index in [4.69, 9.17) is 0 Å². The summed E-state index contributed by atoms with van der Waals surface area (Å²) in [7, 11) is 0. The van der Waals surface area contributed by atoms with Crippen molar-refractivity contribution in [1.29, 1.82) is 0 Å². The van der Waals surface area contributed by atoms with Crippen molar-refractivity contribution in [2.24, 2.45) is 11.8 Å². The summed E-state index contributed by atoms with van der Waals surface area (Å²) in [5.41, 5.74) is -1.63. The van der Waals surface area contributed by atoms with Gasteiger partial charge in [-0.3, -0.25) is 9.59 Å². The van der Waals surface area contributed by atoms with E-state index in [-0.39, 0.29) is 18.7 Å². The van der Waals surface area contributed by atoms with Crippen LogP contribution in [0.3, 0.4) is 0 Å². The molecular weight excluding hydrogens is 340 g/mol. The molecule has 0 spiro atoms. The molecule has 0 radical (unpaired) electrons. The summed E-state index contributed by atoms with van der Waals surface area (Å²) in [4.78, 5) is 24.8.